The van der Waals surface area contributed by atoms with E-state index in [9.17, 15) is 0 Å². The summed E-state index contributed by atoms with van der Waals surface area (Å²) < 4.78 is 1.29. The van der Waals surface area contributed by atoms with Gasteiger partial charge in [-0.2, -0.15) is 0 Å². The molecule has 7 aromatic rings. The van der Waals surface area contributed by atoms with Crippen LogP contribution in [0.2, 0.25) is 0 Å². The SMILES string of the molecule is C1=Cc2c(sc3cccc(N(c4ccc(-c5ccccc5)cc4)c4ccc5ccc6ccccc6c5c4)c23)NC1. The van der Waals surface area contributed by atoms with Crippen LogP contribution in [0.3, 0.4) is 0 Å². The van der Waals surface area contributed by atoms with Crippen molar-refractivity contribution in [2.75, 3.05) is 16.8 Å². The molecule has 8 rings (SSSR count). The zero-order valence-electron chi connectivity index (χ0n) is 21.8. The van der Waals surface area contributed by atoms with Gasteiger partial charge in [-0.15, -0.1) is 11.3 Å². The van der Waals surface area contributed by atoms with E-state index in [1.165, 1.54) is 59.0 Å². The van der Waals surface area contributed by atoms with Gasteiger partial charge in [0.05, 0.1) is 10.7 Å². The third-order valence-electron chi connectivity index (χ3n) is 7.86. The van der Waals surface area contributed by atoms with Crippen molar-refractivity contribution in [3.63, 3.8) is 0 Å². The Labute approximate surface area is 237 Å². The second-order valence-electron chi connectivity index (χ2n) is 10.2. The molecule has 0 saturated carbocycles. The maximum atomic E-state index is 3.58. The molecule has 0 atom stereocenters. The van der Waals surface area contributed by atoms with Crippen LogP contribution in [-0.4, -0.2) is 6.54 Å². The van der Waals surface area contributed by atoms with Crippen LogP contribution in [0.15, 0.2) is 133 Å². The molecule has 2 nitrogen and oxygen atoms in total. The summed E-state index contributed by atoms with van der Waals surface area (Å²) in [6.07, 6.45) is 4.49. The van der Waals surface area contributed by atoms with E-state index >= 15 is 0 Å². The van der Waals surface area contributed by atoms with Crippen molar-refractivity contribution in [2.45, 2.75) is 0 Å². The Hall–Kier alpha value is -4.86. The molecule has 0 spiro atoms. The summed E-state index contributed by atoms with van der Waals surface area (Å²) in [4.78, 5) is 2.42. The fourth-order valence-corrected chi connectivity index (χ4v) is 7.07. The average molecular weight is 531 g/mol. The normalized spacial score (nSPS) is 12.5. The monoisotopic (exact) mass is 530 g/mol. The molecule has 0 saturated heterocycles. The summed E-state index contributed by atoms with van der Waals surface area (Å²) >= 11 is 1.84. The average Bonchev–Trinajstić information content (AvgIpc) is 3.41. The molecule has 0 fully saturated rings. The third-order valence-corrected chi connectivity index (χ3v) is 8.99. The molecule has 0 radical (unpaired) electrons. The van der Waals surface area contributed by atoms with Gasteiger partial charge < -0.3 is 10.2 Å². The zero-order chi connectivity index (χ0) is 26.5. The molecular weight excluding hydrogens is 504 g/mol. The topological polar surface area (TPSA) is 15.3 Å². The van der Waals surface area contributed by atoms with Crippen LogP contribution in [0, 0.1) is 0 Å². The molecule has 1 aliphatic heterocycles. The number of thiophene rings is 1. The Morgan fingerprint density at radius 1 is 0.600 bits per heavy atom. The second kappa shape index (κ2) is 9.41. The zero-order valence-corrected chi connectivity index (χ0v) is 22.7. The first kappa shape index (κ1) is 23.1. The largest absolute Gasteiger partial charge is 0.373 e. The number of benzene rings is 6. The van der Waals surface area contributed by atoms with E-state index in [1.807, 2.05) is 11.3 Å². The van der Waals surface area contributed by atoms with Gasteiger partial charge in [-0.3, -0.25) is 0 Å². The number of hydrogen-bond donors (Lipinski definition) is 1. The Balaban J connectivity index is 1.37. The van der Waals surface area contributed by atoms with Crippen LogP contribution < -0.4 is 10.2 Å². The molecule has 0 unspecified atom stereocenters. The predicted octanol–water partition coefficient (Wildman–Crippen LogP) is 10.8. The van der Waals surface area contributed by atoms with Crippen molar-refractivity contribution in [3.8, 4) is 11.1 Å². The molecule has 2 heterocycles. The highest BCUT2D eigenvalue weighted by Crippen LogP contribution is 2.47. The van der Waals surface area contributed by atoms with E-state index in [0.29, 0.717) is 0 Å². The number of anilines is 4. The first-order chi connectivity index (χ1) is 19.8. The molecule has 1 N–H and O–H groups in total. The molecule has 40 heavy (non-hydrogen) atoms. The Bertz CT molecular complexity index is 2050. The third kappa shape index (κ3) is 3.78. The van der Waals surface area contributed by atoms with Crippen LogP contribution in [0.25, 0.3) is 48.8 Å². The molecule has 190 valence electrons. The summed E-state index contributed by atoms with van der Waals surface area (Å²) in [6, 6.07) is 46.2. The van der Waals surface area contributed by atoms with E-state index in [0.717, 1.165) is 17.9 Å². The summed E-state index contributed by atoms with van der Waals surface area (Å²) in [5, 5.41) is 11.2. The fraction of sp³-hybridized carbons (Fsp3) is 0.0270. The van der Waals surface area contributed by atoms with Gasteiger partial charge in [0.15, 0.2) is 0 Å². The van der Waals surface area contributed by atoms with Crippen molar-refractivity contribution in [1.29, 1.82) is 0 Å². The highest BCUT2D eigenvalue weighted by molar-refractivity contribution is 7.23. The Morgan fingerprint density at radius 2 is 1.32 bits per heavy atom. The Morgan fingerprint density at radius 3 is 2.20 bits per heavy atom. The van der Waals surface area contributed by atoms with E-state index < -0.39 is 0 Å². The van der Waals surface area contributed by atoms with Crippen LogP contribution in [0.1, 0.15) is 5.56 Å². The minimum absolute atomic E-state index is 0.873. The van der Waals surface area contributed by atoms with Gasteiger partial charge in [0.1, 0.15) is 0 Å². The van der Waals surface area contributed by atoms with Gasteiger partial charge in [-0.25, -0.2) is 0 Å². The minimum Gasteiger partial charge on any atom is -0.373 e. The van der Waals surface area contributed by atoms with E-state index in [2.05, 4.69) is 150 Å². The number of hydrogen-bond acceptors (Lipinski definition) is 3. The van der Waals surface area contributed by atoms with Crippen molar-refractivity contribution in [1.82, 2.24) is 0 Å². The van der Waals surface area contributed by atoms with Crippen molar-refractivity contribution in [2.24, 2.45) is 0 Å². The van der Waals surface area contributed by atoms with Crippen molar-refractivity contribution >= 4 is 71.1 Å². The first-order valence-corrected chi connectivity index (χ1v) is 14.5. The van der Waals surface area contributed by atoms with E-state index in [1.54, 1.807) is 0 Å². The lowest BCUT2D eigenvalue weighted by molar-refractivity contribution is 1.30. The first-order valence-electron chi connectivity index (χ1n) is 13.7. The summed E-state index contributed by atoms with van der Waals surface area (Å²) in [5.74, 6) is 0. The Kier molecular flexibility index (Phi) is 5.42. The second-order valence-corrected chi connectivity index (χ2v) is 11.3. The molecule has 3 heteroatoms. The molecular formula is C37H26N2S. The molecule has 0 bridgehead atoms. The molecule has 6 aromatic carbocycles. The van der Waals surface area contributed by atoms with Gasteiger partial charge in [-0.1, -0.05) is 103 Å². The van der Waals surface area contributed by atoms with Crippen LogP contribution >= 0.6 is 11.3 Å². The highest BCUT2D eigenvalue weighted by Gasteiger charge is 2.21. The lowest BCUT2D eigenvalue weighted by Crippen LogP contribution is -2.11. The molecule has 0 aliphatic carbocycles. The van der Waals surface area contributed by atoms with E-state index in [-0.39, 0.29) is 0 Å². The van der Waals surface area contributed by atoms with Crippen LogP contribution in [-0.2, 0) is 0 Å². The minimum atomic E-state index is 0.873. The molecule has 1 aliphatic rings. The quantitative estimate of drug-likeness (QED) is 0.228. The van der Waals surface area contributed by atoms with Gasteiger partial charge in [0.25, 0.3) is 0 Å². The maximum absolute atomic E-state index is 3.58. The predicted molar refractivity (Wildman–Crippen MR) is 174 cm³/mol. The van der Waals surface area contributed by atoms with Gasteiger partial charge >= 0.3 is 0 Å². The van der Waals surface area contributed by atoms with Gasteiger partial charge in [0.2, 0.25) is 0 Å². The number of nitrogens with one attached hydrogen (secondary N) is 1. The van der Waals surface area contributed by atoms with Crippen molar-refractivity contribution in [3.05, 3.63) is 139 Å². The maximum Gasteiger partial charge on any atom is 0.0971 e. The molecule has 0 amide bonds. The number of rotatable bonds is 4. The summed E-state index contributed by atoms with van der Waals surface area (Å²) in [6.45, 7) is 0.873. The molecule has 1 aromatic heterocycles. The lowest BCUT2D eigenvalue weighted by atomic mass is 10.00. The fourth-order valence-electron chi connectivity index (χ4n) is 5.95. The smallest absolute Gasteiger partial charge is 0.0971 e. The number of nitrogens with zero attached hydrogens (tertiary/aromatic N) is 1. The van der Waals surface area contributed by atoms with Gasteiger partial charge in [-0.05, 0) is 69.1 Å². The summed E-state index contributed by atoms with van der Waals surface area (Å²) in [7, 11) is 0. The lowest BCUT2D eigenvalue weighted by Gasteiger charge is -2.27. The standard InChI is InChI=1S/C37H26N2S/c1-2-8-25(9-3-1)26-17-20-29(21-18-26)39(34-13-6-14-35-36(34)32-12-7-23-38-37(32)40-35)30-22-19-28-16-15-27-10-4-5-11-31(27)33(28)24-30/h1-22,24,38H,23H2. The van der Waals surface area contributed by atoms with Crippen LogP contribution in [0.4, 0.5) is 22.1 Å². The summed E-state index contributed by atoms with van der Waals surface area (Å²) in [5.41, 5.74) is 7.19. The van der Waals surface area contributed by atoms with Crippen molar-refractivity contribution < 1.29 is 0 Å². The van der Waals surface area contributed by atoms with E-state index in [4.69, 9.17) is 0 Å². The number of fused-ring (bicyclic) bond motifs is 6. The van der Waals surface area contributed by atoms with Crippen LogP contribution in [0.5, 0.6) is 0 Å². The van der Waals surface area contributed by atoms with Gasteiger partial charge in [0, 0.05) is 33.6 Å². The highest BCUT2D eigenvalue weighted by atomic mass is 32.1.